The predicted octanol–water partition coefficient (Wildman–Crippen LogP) is 18.8. The molecule has 73 heavy (non-hydrogen) atoms. The molecule has 2 unspecified atom stereocenters. The van der Waals surface area contributed by atoms with Crippen molar-refractivity contribution in [3.05, 3.63) is 97.2 Å². The van der Waals surface area contributed by atoms with E-state index in [0.29, 0.717) is 6.42 Å². The molecular weight excluding hydrogens is 930 g/mol. The van der Waals surface area contributed by atoms with Crippen LogP contribution in [0.2, 0.25) is 0 Å². The molecule has 0 bridgehead atoms. The van der Waals surface area contributed by atoms with Gasteiger partial charge >= 0.3 is 19.8 Å². The number of allylic oxidation sites excluding steroid dienone is 16. The van der Waals surface area contributed by atoms with Gasteiger partial charge in [0.2, 0.25) is 0 Å². The Hall–Kier alpha value is -3.07. The molecule has 0 aromatic heterocycles. The molecule has 0 amide bonds. The van der Waals surface area contributed by atoms with E-state index in [0.717, 1.165) is 96.3 Å². The Morgan fingerprint density at radius 1 is 0.425 bits per heavy atom. The topological polar surface area (TPSA) is 134 Å². The fourth-order valence-electron chi connectivity index (χ4n) is 8.12. The predicted molar refractivity (Wildman–Crippen MR) is 312 cm³/mol. The Morgan fingerprint density at radius 3 is 1.12 bits per heavy atom. The van der Waals surface area contributed by atoms with Crippen LogP contribution in [0.1, 0.15) is 258 Å². The molecule has 0 aromatic carbocycles. The van der Waals surface area contributed by atoms with Gasteiger partial charge < -0.3 is 20.1 Å². The second kappa shape index (κ2) is 58.2. The fraction of sp³-hybridized carbons (Fsp3) is 0.714. The molecule has 2 atom stereocenters. The van der Waals surface area contributed by atoms with Crippen LogP contribution in [-0.2, 0) is 32.7 Å². The first-order valence-electron chi connectivity index (χ1n) is 29.7. The van der Waals surface area contributed by atoms with Gasteiger partial charge in [0.15, 0.2) is 6.10 Å². The van der Waals surface area contributed by atoms with E-state index in [9.17, 15) is 19.0 Å². The van der Waals surface area contributed by atoms with E-state index >= 15 is 0 Å². The summed E-state index contributed by atoms with van der Waals surface area (Å²) in [6.07, 6.45) is 77.4. The molecule has 0 fully saturated rings. The van der Waals surface area contributed by atoms with Crippen LogP contribution in [0.3, 0.4) is 0 Å². The van der Waals surface area contributed by atoms with E-state index in [1.54, 1.807) is 0 Å². The van der Waals surface area contributed by atoms with E-state index in [-0.39, 0.29) is 38.6 Å². The van der Waals surface area contributed by atoms with Gasteiger partial charge in [-0.05, 0) is 77.0 Å². The summed E-state index contributed by atoms with van der Waals surface area (Å²) in [6, 6.07) is 0. The molecule has 0 aromatic rings. The Labute approximate surface area is 448 Å². The minimum atomic E-state index is -4.39. The lowest BCUT2D eigenvalue weighted by Gasteiger charge is -2.19. The zero-order valence-corrected chi connectivity index (χ0v) is 47.7. The van der Waals surface area contributed by atoms with Crippen molar-refractivity contribution in [1.29, 1.82) is 0 Å². The number of hydrogen-bond donors (Lipinski definition) is 2. The van der Waals surface area contributed by atoms with Crippen molar-refractivity contribution in [2.45, 2.75) is 264 Å². The van der Waals surface area contributed by atoms with E-state index in [2.05, 4.69) is 111 Å². The third kappa shape index (κ3) is 58.1. The van der Waals surface area contributed by atoms with Gasteiger partial charge in [-0.15, -0.1) is 0 Å². The summed E-state index contributed by atoms with van der Waals surface area (Å²) in [4.78, 5) is 35.2. The molecule has 420 valence electrons. The van der Waals surface area contributed by atoms with Gasteiger partial charge in [-0.3, -0.25) is 18.6 Å². The molecule has 0 spiro atoms. The lowest BCUT2D eigenvalue weighted by molar-refractivity contribution is -0.161. The van der Waals surface area contributed by atoms with Crippen LogP contribution in [0, 0.1) is 0 Å². The first kappa shape index (κ1) is 69.9. The molecule has 0 saturated carbocycles. The van der Waals surface area contributed by atoms with E-state index < -0.39 is 26.5 Å². The standard InChI is InChI=1S/C63H110NO8P/c1-3-5-7-9-11-13-15-17-19-21-23-24-25-26-27-28-29-30-31-32-33-34-35-36-38-40-42-44-46-48-50-52-54-56-63(66)72-61(60-71-73(67,68)70-58-57-64)59-69-62(65)55-53-51-49-47-45-43-41-39-37-22-20-18-16-14-12-10-8-6-4-2/h5,7,11,13,17,19,23-24,26-27,29-30,32-33,35-36,61H,3-4,6,8-10,12,14-16,18,20-22,25,28,31,34,37-60,64H2,1-2H3,(H,67,68)/b7-5-,13-11-,19-17-,24-23-,27-26-,30-29-,33-32-,36-35-. The second-order valence-electron chi connectivity index (χ2n) is 19.5. The van der Waals surface area contributed by atoms with Gasteiger partial charge in [0, 0.05) is 19.4 Å². The van der Waals surface area contributed by atoms with Crippen molar-refractivity contribution in [2.75, 3.05) is 26.4 Å². The smallest absolute Gasteiger partial charge is 0.462 e. The average Bonchev–Trinajstić information content (AvgIpc) is 3.38. The summed E-state index contributed by atoms with van der Waals surface area (Å²) in [5.74, 6) is -0.833. The normalized spacial score (nSPS) is 13.8. The number of ether oxygens (including phenoxy) is 2. The summed E-state index contributed by atoms with van der Waals surface area (Å²) in [5, 5.41) is 0. The Balaban J connectivity index is 4.01. The van der Waals surface area contributed by atoms with Crippen molar-refractivity contribution in [1.82, 2.24) is 0 Å². The molecule has 9 nitrogen and oxygen atoms in total. The zero-order valence-electron chi connectivity index (χ0n) is 46.8. The number of unbranched alkanes of at least 4 members (excludes halogenated alkanes) is 26. The first-order valence-corrected chi connectivity index (χ1v) is 31.2. The highest BCUT2D eigenvalue weighted by molar-refractivity contribution is 7.47. The summed E-state index contributed by atoms with van der Waals surface area (Å²) in [7, 11) is -4.39. The van der Waals surface area contributed by atoms with E-state index in [4.69, 9.17) is 24.3 Å². The summed E-state index contributed by atoms with van der Waals surface area (Å²) < 4.78 is 33.0. The van der Waals surface area contributed by atoms with Crippen molar-refractivity contribution in [3.8, 4) is 0 Å². The lowest BCUT2D eigenvalue weighted by Crippen LogP contribution is -2.29. The maximum Gasteiger partial charge on any atom is 0.472 e. The van der Waals surface area contributed by atoms with Crippen LogP contribution >= 0.6 is 7.82 Å². The molecule has 0 rings (SSSR count). The SMILES string of the molecule is CC/C=C\C/C=C\C/C=C\C/C=C\C/C=C\C/C=C\C/C=C\C/C=C\CCCCCCCCCCC(=O)OC(COC(=O)CCCCCCCCCCCCCCCCCCCCC)COP(=O)(O)OCCN. The largest absolute Gasteiger partial charge is 0.472 e. The quantitative estimate of drug-likeness (QED) is 0.0264. The molecule has 0 radical (unpaired) electrons. The highest BCUT2D eigenvalue weighted by Gasteiger charge is 2.26. The van der Waals surface area contributed by atoms with Crippen LogP contribution < -0.4 is 5.73 Å². The van der Waals surface area contributed by atoms with Gasteiger partial charge in [-0.25, -0.2) is 4.57 Å². The molecule has 0 saturated heterocycles. The van der Waals surface area contributed by atoms with Gasteiger partial charge in [0.05, 0.1) is 13.2 Å². The summed E-state index contributed by atoms with van der Waals surface area (Å²) >= 11 is 0. The molecule has 0 aliphatic carbocycles. The van der Waals surface area contributed by atoms with Crippen LogP contribution in [-0.4, -0.2) is 49.3 Å². The third-order valence-electron chi connectivity index (χ3n) is 12.5. The number of rotatable bonds is 55. The van der Waals surface area contributed by atoms with Crippen molar-refractivity contribution in [2.24, 2.45) is 5.73 Å². The zero-order chi connectivity index (χ0) is 53.1. The van der Waals surface area contributed by atoms with Crippen molar-refractivity contribution < 1.29 is 37.6 Å². The van der Waals surface area contributed by atoms with Gasteiger partial charge in [-0.2, -0.15) is 0 Å². The Kier molecular flexibility index (Phi) is 55.7. The Bertz CT molecular complexity index is 1510. The molecule has 0 aliphatic heterocycles. The highest BCUT2D eigenvalue weighted by Crippen LogP contribution is 2.43. The first-order chi connectivity index (χ1) is 35.8. The maximum atomic E-state index is 12.7. The highest BCUT2D eigenvalue weighted by atomic mass is 31.2. The van der Waals surface area contributed by atoms with Crippen LogP contribution in [0.25, 0.3) is 0 Å². The van der Waals surface area contributed by atoms with Crippen molar-refractivity contribution >= 4 is 19.8 Å². The average molecular weight is 1040 g/mol. The second-order valence-corrected chi connectivity index (χ2v) is 20.9. The fourth-order valence-corrected chi connectivity index (χ4v) is 8.89. The van der Waals surface area contributed by atoms with Gasteiger partial charge in [-0.1, -0.05) is 265 Å². The number of carbonyl (C=O) groups is 2. The van der Waals surface area contributed by atoms with Crippen LogP contribution in [0.5, 0.6) is 0 Å². The van der Waals surface area contributed by atoms with Crippen molar-refractivity contribution in [3.63, 3.8) is 0 Å². The number of hydrogen-bond acceptors (Lipinski definition) is 8. The summed E-state index contributed by atoms with van der Waals surface area (Å²) in [6.45, 7) is 3.64. The molecule has 0 heterocycles. The number of nitrogens with two attached hydrogens (primary N) is 1. The lowest BCUT2D eigenvalue weighted by atomic mass is 10.0. The van der Waals surface area contributed by atoms with E-state index in [1.165, 1.54) is 128 Å². The Morgan fingerprint density at radius 2 is 0.753 bits per heavy atom. The number of phosphoric ester groups is 1. The number of phosphoric acid groups is 1. The third-order valence-corrected chi connectivity index (χ3v) is 13.5. The number of carbonyl (C=O) groups excluding carboxylic acids is 2. The maximum absolute atomic E-state index is 12.7. The minimum absolute atomic E-state index is 0.0489. The molecule has 3 N–H and O–H groups in total. The summed E-state index contributed by atoms with van der Waals surface area (Å²) in [5.41, 5.74) is 5.38. The van der Waals surface area contributed by atoms with Crippen LogP contribution in [0.15, 0.2) is 97.2 Å². The van der Waals surface area contributed by atoms with Crippen LogP contribution in [0.4, 0.5) is 0 Å². The molecular formula is C63H110NO8P. The minimum Gasteiger partial charge on any atom is -0.462 e. The molecule has 10 heteroatoms. The number of esters is 2. The molecule has 0 aliphatic rings. The van der Waals surface area contributed by atoms with Gasteiger partial charge in [0.25, 0.3) is 0 Å². The van der Waals surface area contributed by atoms with E-state index in [1.807, 2.05) is 0 Å². The monoisotopic (exact) mass is 1040 g/mol. The van der Waals surface area contributed by atoms with Gasteiger partial charge in [0.1, 0.15) is 6.61 Å².